The molecule has 1 aromatic heterocycles. The average Bonchev–Trinajstić information content (AvgIpc) is 2.19. The fraction of sp³-hybridized carbons (Fsp3) is 0.308. The maximum absolute atomic E-state index is 6.27. The van der Waals surface area contributed by atoms with Gasteiger partial charge in [0.25, 0.3) is 0 Å². The summed E-state index contributed by atoms with van der Waals surface area (Å²) in [5.41, 5.74) is 1.76. The van der Waals surface area contributed by atoms with E-state index in [1.165, 1.54) is 0 Å². The van der Waals surface area contributed by atoms with E-state index in [-0.39, 0.29) is 0 Å². The molecule has 1 aromatic carbocycles. The second-order valence-corrected chi connectivity index (χ2v) is 6.21. The van der Waals surface area contributed by atoms with Crippen LogP contribution in [0.15, 0.2) is 22.7 Å². The number of aromatic nitrogens is 1. The zero-order valence-electron chi connectivity index (χ0n) is 9.60. The third-order valence-electron chi connectivity index (χ3n) is 2.45. The molecule has 0 fully saturated rings. The Kier molecular flexibility index (Phi) is 3.96. The van der Waals surface area contributed by atoms with Crippen molar-refractivity contribution in [2.24, 2.45) is 5.92 Å². The second kappa shape index (κ2) is 5.13. The second-order valence-electron chi connectivity index (χ2n) is 4.48. The van der Waals surface area contributed by atoms with E-state index in [2.05, 4.69) is 34.8 Å². The molecule has 0 bridgehead atoms. The molecule has 0 N–H and O–H groups in total. The van der Waals surface area contributed by atoms with Crippen molar-refractivity contribution >= 4 is 50.0 Å². The van der Waals surface area contributed by atoms with E-state index in [1.807, 2.05) is 18.2 Å². The highest BCUT2D eigenvalue weighted by Crippen LogP contribution is 2.32. The molecule has 17 heavy (non-hydrogen) atoms. The van der Waals surface area contributed by atoms with Crippen molar-refractivity contribution in [1.82, 2.24) is 4.98 Å². The van der Waals surface area contributed by atoms with Gasteiger partial charge in [-0.25, -0.2) is 0 Å². The van der Waals surface area contributed by atoms with Crippen molar-refractivity contribution in [3.8, 4) is 0 Å². The van der Waals surface area contributed by atoms with Gasteiger partial charge in [0.1, 0.15) is 0 Å². The molecule has 0 unspecified atom stereocenters. The molecule has 0 amide bonds. The average molecular weight is 333 g/mol. The van der Waals surface area contributed by atoms with E-state index in [0.717, 1.165) is 27.5 Å². The zero-order chi connectivity index (χ0) is 12.6. The van der Waals surface area contributed by atoms with E-state index in [0.29, 0.717) is 16.0 Å². The highest BCUT2D eigenvalue weighted by Gasteiger charge is 2.09. The van der Waals surface area contributed by atoms with Crippen LogP contribution in [0.25, 0.3) is 10.9 Å². The number of rotatable bonds is 2. The summed E-state index contributed by atoms with van der Waals surface area (Å²) < 4.78 is 0.912. The lowest BCUT2D eigenvalue weighted by Crippen LogP contribution is -1.98. The molecule has 0 spiro atoms. The predicted molar refractivity (Wildman–Crippen MR) is 78.0 cm³/mol. The Morgan fingerprint density at radius 2 is 1.88 bits per heavy atom. The van der Waals surface area contributed by atoms with Gasteiger partial charge in [0.2, 0.25) is 0 Å². The van der Waals surface area contributed by atoms with Gasteiger partial charge in [0.15, 0.2) is 0 Å². The van der Waals surface area contributed by atoms with Crippen molar-refractivity contribution in [1.29, 1.82) is 0 Å². The first-order valence-electron chi connectivity index (χ1n) is 5.41. The molecule has 2 rings (SSSR count). The Hall–Kier alpha value is -0.310. The summed E-state index contributed by atoms with van der Waals surface area (Å²) in [5, 5.41) is 2.22. The molecule has 0 aliphatic carbocycles. The van der Waals surface area contributed by atoms with Gasteiger partial charge in [-0.05, 0) is 30.5 Å². The highest BCUT2D eigenvalue weighted by atomic mass is 79.9. The summed E-state index contributed by atoms with van der Waals surface area (Å²) in [6, 6.07) is 5.70. The molecule has 1 heterocycles. The lowest BCUT2D eigenvalue weighted by Gasteiger charge is -2.09. The minimum absolute atomic E-state index is 0.547. The van der Waals surface area contributed by atoms with E-state index < -0.39 is 0 Å². The molecular formula is C13H12BrCl2N. The summed E-state index contributed by atoms with van der Waals surface area (Å²) in [6.07, 6.45) is 0.905. The quantitative estimate of drug-likeness (QED) is 0.707. The molecule has 90 valence electrons. The molecule has 1 nitrogen and oxygen atoms in total. The Labute approximate surface area is 119 Å². The topological polar surface area (TPSA) is 12.9 Å². The van der Waals surface area contributed by atoms with Gasteiger partial charge in [-0.2, -0.15) is 0 Å². The number of benzene rings is 1. The van der Waals surface area contributed by atoms with Crippen LogP contribution in [0.5, 0.6) is 0 Å². The minimum atomic E-state index is 0.547. The summed E-state index contributed by atoms with van der Waals surface area (Å²) >= 11 is 15.9. The van der Waals surface area contributed by atoms with E-state index >= 15 is 0 Å². The van der Waals surface area contributed by atoms with Gasteiger partial charge in [-0.15, -0.1) is 0 Å². The van der Waals surface area contributed by atoms with Crippen LogP contribution in [0, 0.1) is 5.92 Å². The molecule has 0 saturated heterocycles. The van der Waals surface area contributed by atoms with Gasteiger partial charge in [0, 0.05) is 15.6 Å². The summed E-state index contributed by atoms with van der Waals surface area (Å²) in [6.45, 7) is 4.31. The number of hydrogen-bond donors (Lipinski definition) is 0. The first kappa shape index (κ1) is 13.1. The number of halogens is 3. The van der Waals surface area contributed by atoms with Crippen LogP contribution >= 0.6 is 39.1 Å². The van der Waals surface area contributed by atoms with E-state index in [9.17, 15) is 0 Å². The van der Waals surface area contributed by atoms with Crippen LogP contribution < -0.4 is 0 Å². The number of fused-ring (bicyclic) bond motifs is 1. The van der Waals surface area contributed by atoms with Gasteiger partial charge in [-0.1, -0.05) is 53.0 Å². The number of hydrogen-bond acceptors (Lipinski definition) is 1. The van der Waals surface area contributed by atoms with Gasteiger partial charge in [-0.3, -0.25) is 4.98 Å². The summed E-state index contributed by atoms with van der Waals surface area (Å²) in [5.74, 6) is 0.547. The molecule has 0 aliphatic heterocycles. The number of nitrogens with zero attached hydrogens (tertiary/aromatic N) is 1. The first-order valence-corrected chi connectivity index (χ1v) is 6.96. The maximum Gasteiger partial charge on any atom is 0.0907 e. The van der Waals surface area contributed by atoms with Crippen LogP contribution in [-0.2, 0) is 6.42 Å². The van der Waals surface area contributed by atoms with Crippen LogP contribution in [0.4, 0.5) is 0 Å². The third-order valence-corrected chi connectivity index (χ3v) is 3.51. The van der Waals surface area contributed by atoms with Crippen molar-refractivity contribution in [2.45, 2.75) is 20.3 Å². The fourth-order valence-corrected chi connectivity index (χ4v) is 2.91. The van der Waals surface area contributed by atoms with E-state index in [1.54, 1.807) is 0 Å². The standard InChI is InChI=1S/C13H12BrCl2N/c1-7(2)3-9-6-11(15)10-4-8(14)5-12(16)13(10)17-9/h4-7H,3H2,1-2H3. The van der Waals surface area contributed by atoms with Crippen molar-refractivity contribution < 1.29 is 0 Å². The molecule has 2 aromatic rings. The van der Waals surface area contributed by atoms with Crippen molar-refractivity contribution in [2.75, 3.05) is 0 Å². The van der Waals surface area contributed by atoms with Crippen LogP contribution in [-0.4, -0.2) is 4.98 Å². The maximum atomic E-state index is 6.27. The largest absolute Gasteiger partial charge is 0.251 e. The minimum Gasteiger partial charge on any atom is -0.251 e. The smallest absolute Gasteiger partial charge is 0.0907 e. The Bertz CT molecular complexity index is 567. The van der Waals surface area contributed by atoms with Crippen LogP contribution in [0.3, 0.4) is 0 Å². The number of pyridine rings is 1. The highest BCUT2D eigenvalue weighted by molar-refractivity contribution is 9.10. The summed E-state index contributed by atoms with van der Waals surface area (Å²) in [4.78, 5) is 4.58. The van der Waals surface area contributed by atoms with E-state index in [4.69, 9.17) is 23.2 Å². The summed E-state index contributed by atoms with van der Waals surface area (Å²) in [7, 11) is 0. The first-order chi connectivity index (χ1) is 7.97. The lowest BCUT2D eigenvalue weighted by molar-refractivity contribution is 0.637. The molecule has 0 saturated carbocycles. The van der Waals surface area contributed by atoms with Crippen molar-refractivity contribution in [3.05, 3.63) is 38.4 Å². The lowest BCUT2D eigenvalue weighted by atomic mass is 10.1. The third kappa shape index (κ3) is 2.93. The molecule has 4 heteroatoms. The fourth-order valence-electron chi connectivity index (χ4n) is 1.78. The van der Waals surface area contributed by atoms with Gasteiger partial charge < -0.3 is 0 Å². The normalized spacial score (nSPS) is 11.4. The van der Waals surface area contributed by atoms with Crippen LogP contribution in [0.1, 0.15) is 19.5 Å². The molecular weight excluding hydrogens is 321 g/mol. The van der Waals surface area contributed by atoms with Crippen LogP contribution in [0.2, 0.25) is 10.0 Å². The Balaban J connectivity index is 2.64. The van der Waals surface area contributed by atoms with Gasteiger partial charge >= 0.3 is 0 Å². The molecule has 0 atom stereocenters. The van der Waals surface area contributed by atoms with Gasteiger partial charge in [0.05, 0.1) is 15.6 Å². The monoisotopic (exact) mass is 331 g/mol. The molecule has 0 radical (unpaired) electrons. The zero-order valence-corrected chi connectivity index (χ0v) is 12.7. The Morgan fingerprint density at radius 3 is 2.53 bits per heavy atom. The SMILES string of the molecule is CC(C)Cc1cc(Cl)c2cc(Br)cc(Cl)c2n1. The van der Waals surface area contributed by atoms with Crippen molar-refractivity contribution in [3.63, 3.8) is 0 Å². The molecule has 0 aliphatic rings. The predicted octanol–water partition coefficient (Wildman–Crippen LogP) is 5.50. The Morgan fingerprint density at radius 1 is 1.18 bits per heavy atom.